The Labute approximate surface area is 116 Å². The molecule has 1 unspecified atom stereocenters. The number of nitrogens with zero attached hydrogens (tertiary/aromatic N) is 2. The van der Waals surface area contributed by atoms with Gasteiger partial charge in [-0.05, 0) is 31.2 Å². The van der Waals surface area contributed by atoms with Crippen molar-refractivity contribution in [2.45, 2.75) is 24.4 Å². The Morgan fingerprint density at radius 1 is 1.44 bits per heavy atom. The molecular formula is C13H16ClN3S. The van der Waals surface area contributed by atoms with Gasteiger partial charge in [-0.3, -0.25) is 4.68 Å². The van der Waals surface area contributed by atoms with E-state index in [2.05, 4.69) is 12.0 Å². The summed E-state index contributed by atoms with van der Waals surface area (Å²) in [4.78, 5) is 1.14. The highest BCUT2D eigenvalue weighted by molar-refractivity contribution is 7.99. The molecule has 0 radical (unpaired) electrons. The largest absolute Gasteiger partial charge is 0.322 e. The second-order valence-corrected chi connectivity index (χ2v) is 5.48. The van der Waals surface area contributed by atoms with Crippen molar-refractivity contribution in [3.8, 4) is 0 Å². The average Bonchev–Trinajstić information content (AvgIpc) is 2.84. The van der Waals surface area contributed by atoms with Gasteiger partial charge >= 0.3 is 0 Å². The second kappa shape index (κ2) is 6.27. The molecule has 0 amide bonds. The molecule has 1 atom stereocenters. The summed E-state index contributed by atoms with van der Waals surface area (Å²) < 4.78 is 1.93. The molecule has 18 heavy (non-hydrogen) atoms. The lowest BCUT2D eigenvalue weighted by Gasteiger charge is -2.13. The molecule has 0 spiro atoms. The van der Waals surface area contributed by atoms with Crippen LogP contribution in [0.2, 0.25) is 5.02 Å². The van der Waals surface area contributed by atoms with Gasteiger partial charge in [0.15, 0.2) is 0 Å². The first-order valence-electron chi connectivity index (χ1n) is 5.86. The predicted molar refractivity (Wildman–Crippen MR) is 77.0 cm³/mol. The van der Waals surface area contributed by atoms with Crippen LogP contribution in [0.25, 0.3) is 0 Å². The highest BCUT2D eigenvalue weighted by Crippen LogP contribution is 2.25. The van der Waals surface area contributed by atoms with E-state index in [4.69, 9.17) is 17.3 Å². The van der Waals surface area contributed by atoms with Crippen LogP contribution in [0.15, 0.2) is 41.4 Å². The van der Waals surface area contributed by atoms with Crippen molar-refractivity contribution in [2.75, 3.05) is 5.75 Å². The molecular weight excluding hydrogens is 266 g/mol. The van der Waals surface area contributed by atoms with Crippen LogP contribution in [0, 0.1) is 0 Å². The van der Waals surface area contributed by atoms with Gasteiger partial charge < -0.3 is 5.73 Å². The minimum absolute atomic E-state index is 0.0172. The van der Waals surface area contributed by atoms with Gasteiger partial charge in [0.1, 0.15) is 0 Å². The van der Waals surface area contributed by atoms with E-state index in [1.807, 2.05) is 35.0 Å². The number of hydrogen-bond donors (Lipinski definition) is 1. The lowest BCUT2D eigenvalue weighted by molar-refractivity contribution is 0.593. The highest BCUT2D eigenvalue weighted by Gasteiger charge is 2.11. The van der Waals surface area contributed by atoms with Crippen molar-refractivity contribution in [1.82, 2.24) is 9.78 Å². The molecule has 0 aliphatic heterocycles. The van der Waals surface area contributed by atoms with Gasteiger partial charge in [-0.2, -0.15) is 5.10 Å². The Kier molecular flexibility index (Phi) is 4.69. The van der Waals surface area contributed by atoms with E-state index in [1.54, 1.807) is 18.0 Å². The highest BCUT2D eigenvalue weighted by atomic mass is 35.5. The third kappa shape index (κ3) is 3.28. The third-order valence-electron chi connectivity index (χ3n) is 2.65. The van der Waals surface area contributed by atoms with E-state index in [9.17, 15) is 0 Å². The number of nitrogens with two attached hydrogens (primary N) is 1. The monoisotopic (exact) mass is 281 g/mol. The number of aromatic nitrogens is 2. The van der Waals surface area contributed by atoms with Crippen LogP contribution in [-0.2, 0) is 6.54 Å². The van der Waals surface area contributed by atoms with Gasteiger partial charge in [0.25, 0.3) is 0 Å². The van der Waals surface area contributed by atoms with E-state index < -0.39 is 0 Å². The molecule has 1 aromatic heterocycles. The van der Waals surface area contributed by atoms with Crippen LogP contribution in [-0.4, -0.2) is 15.5 Å². The second-order valence-electron chi connectivity index (χ2n) is 3.95. The fourth-order valence-corrected chi connectivity index (χ4v) is 2.93. The van der Waals surface area contributed by atoms with Crippen LogP contribution in [0.5, 0.6) is 0 Å². The molecule has 0 aliphatic carbocycles. The standard InChI is InChI=1S/C13H16ClN3S/c1-2-17-13(6-7-16-17)12(15)9-18-11-5-3-4-10(14)8-11/h3-8,12H,2,9,15H2,1H3. The van der Waals surface area contributed by atoms with Crippen molar-refractivity contribution in [3.05, 3.63) is 47.2 Å². The summed E-state index contributed by atoms with van der Waals surface area (Å²) >= 11 is 7.66. The lowest BCUT2D eigenvalue weighted by Crippen LogP contribution is -2.18. The minimum Gasteiger partial charge on any atom is -0.322 e. The van der Waals surface area contributed by atoms with Crippen molar-refractivity contribution < 1.29 is 0 Å². The van der Waals surface area contributed by atoms with Crippen molar-refractivity contribution in [2.24, 2.45) is 5.73 Å². The van der Waals surface area contributed by atoms with E-state index in [0.29, 0.717) is 0 Å². The molecule has 0 bridgehead atoms. The van der Waals surface area contributed by atoms with Gasteiger partial charge in [-0.25, -0.2) is 0 Å². The van der Waals surface area contributed by atoms with Crippen molar-refractivity contribution >= 4 is 23.4 Å². The van der Waals surface area contributed by atoms with Gasteiger partial charge in [0.2, 0.25) is 0 Å². The molecule has 5 heteroatoms. The lowest BCUT2D eigenvalue weighted by atomic mass is 10.2. The minimum atomic E-state index is -0.0172. The molecule has 2 N–H and O–H groups in total. The fraction of sp³-hybridized carbons (Fsp3) is 0.308. The summed E-state index contributed by atoms with van der Waals surface area (Å²) in [5.74, 6) is 0.812. The van der Waals surface area contributed by atoms with Crippen LogP contribution >= 0.6 is 23.4 Å². The van der Waals surface area contributed by atoms with Crippen molar-refractivity contribution in [3.63, 3.8) is 0 Å². The quantitative estimate of drug-likeness (QED) is 0.855. The average molecular weight is 282 g/mol. The maximum atomic E-state index is 6.19. The van der Waals surface area contributed by atoms with Crippen LogP contribution in [0.4, 0.5) is 0 Å². The van der Waals surface area contributed by atoms with E-state index in [0.717, 1.165) is 27.9 Å². The van der Waals surface area contributed by atoms with Crippen LogP contribution in [0.1, 0.15) is 18.7 Å². The summed E-state index contributed by atoms with van der Waals surface area (Å²) in [5.41, 5.74) is 7.26. The molecule has 0 saturated heterocycles. The first kappa shape index (κ1) is 13.5. The van der Waals surface area contributed by atoms with Gasteiger partial charge in [-0.1, -0.05) is 17.7 Å². The Bertz CT molecular complexity index is 512. The number of benzene rings is 1. The number of aryl methyl sites for hydroxylation is 1. The number of hydrogen-bond acceptors (Lipinski definition) is 3. The molecule has 3 nitrogen and oxygen atoms in total. The van der Waals surface area contributed by atoms with Crippen LogP contribution in [0.3, 0.4) is 0 Å². The number of halogens is 1. The molecule has 96 valence electrons. The SMILES string of the molecule is CCn1nccc1C(N)CSc1cccc(Cl)c1. The summed E-state index contributed by atoms with van der Waals surface area (Å²) in [6.45, 7) is 2.91. The van der Waals surface area contributed by atoms with Gasteiger partial charge in [0, 0.05) is 28.4 Å². The maximum absolute atomic E-state index is 6.19. The fourth-order valence-electron chi connectivity index (χ4n) is 1.75. The summed E-state index contributed by atoms with van der Waals surface area (Å²) in [5, 5.41) is 4.99. The summed E-state index contributed by atoms with van der Waals surface area (Å²) in [7, 11) is 0. The smallest absolute Gasteiger partial charge is 0.0562 e. The summed E-state index contributed by atoms with van der Waals surface area (Å²) in [6.07, 6.45) is 1.79. The molecule has 1 aromatic carbocycles. The van der Waals surface area contributed by atoms with E-state index >= 15 is 0 Å². The molecule has 0 aliphatic rings. The normalized spacial score (nSPS) is 12.6. The maximum Gasteiger partial charge on any atom is 0.0562 e. The zero-order valence-corrected chi connectivity index (χ0v) is 11.8. The Morgan fingerprint density at radius 2 is 2.28 bits per heavy atom. The topological polar surface area (TPSA) is 43.8 Å². The Hall–Kier alpha value is -0.970. The van der Waals surface area contributed by atoms with Gasteiger partial charge in [0.05, 0.1) is 11.7 Å². The molecule has 2 aromatic rings. The zero-order valence-electron chi connectivity index (χ0n) is 10.2. The first-order valence-corrected chi connectivity index (χ1v) is 7.22. The first-order chi connectivity index (χ1) is 8.70. The van der Waals surface area contributed by atoms with E-state index in [1.165, 1.54) is 0 Å². The van der Waals surface area contributed by atoms with E-state index in [-0.39, 0.29) is 6.04 Å². The summed E-state index contributed by atoms with van der Waals surface area (Å²) in [6, 6.07) is 9.78. The Morgan fingerprint density at radius 3 is 3.00 bits per heavy atom. The molecule has 2 rings (SSSR count). The van der Waals surface area contributed by atoms with Gasteiger partial charge in [-0.15, -0.1) is 11.8 Å². The van der Waals surface area contributed by atoms with Crippen LogP contribution < -0.4 is 5.73 Å². The Balaban J connectivity index is 1.98. The zero-order chi connectivity index (χ0) is 13.0. The third-order valence-corrected chi connectivity index (χ3v) is 4.00. The molecule has 0 fully saturated rings. The predicted octanol–water partition coefficient (Wildman–Crippen LogP) is 3.35. The molecule has 1 heterocycles. The number of rotatable bonds is 5. The molecule has 0 saturated carbocycles. The number of thioether (sulfide) groups is 1. The van der Waals surface area contributed by atoms with Crippen molar-refractivity contribution in [1.29, 1.82) is 0 Å².